The number of benzene rings is 2. The minimum absolute atomic E-state index is 0.0477. The molecule has 0 radical (unpaired) electrons. The highest BCUT2D eigenvalue weighted by Gasteiger charge is 2.35. The lowest BCUT2D eigenvalue weighted by molar-refractivity contribution is -0.133. The molecule has 6 nitrogen and oxygen atoms in total. The number of halogens is 1. The summed E-state index contributed by atoms with van der Waals surface area (Å²) >= 11 is 6.16. The maximum absolute atomic E-state index is 13.3. The summed E-state index contributed by atoms with van der Waals surface area (Å²) in [7, 11) is 1.93. The van der Waals surface area contributed by atoms with Crippen LogP contribution in [0.15, 0.2) is 48.5 Å². The number of likely N-dealkylation sites (N-methyl/N-ethyl adjacent to an activating group) is 1. The highest BCUT2D eigenvalue weighted by molar-refractivity contribution is 6.30. The van der Waals surface area contributed by atoms with Crippen molar-refractivity contribution in [3.05, 3.63) is 59.4 Å². The maximum atomic E-state index is 13.3. The molecule has 3 aromatic rings. The van der Waals surface area contributed by atoms with Crippen molar-refractivity contribution in [1.82, 2.24) is 14.5 Å². The van der Waals surface area contributed by atoms with Crippen LogP contribution in [0.25, 0.3) is 11.0 Å². The third kappa shape index (κ3) is 4.36. The van der Waals surface area contributed by atoms with Crippen LogP contribution in [0.1, 0.15) is 50.3 Å². The van der Waals surface area contributed by atoms with Gasteiger partial charge in [-0.25, -0.2) is 4.98 Å². The Kier molecular flexibility index (Phi) is 6.11. The van der Waals surface area contributed by atoms with Gasteiger partial charge in [-0.15, -0.1) is 0 Å². The molecule has 2 amide bonds. The Balaban J connectivity index is 1.43. The Hall–Kier alpha value is -2.86. The number of hydrogen-bond acceptors (Lipinski definition) is 3. The largest absolute Gasteiger partial charge is 0.341 e. The Morgan fingerprint density at radius 3 is 2.70 bits per heavy atom. The number of para-hydroxylation sites is 2. The van der Waals surface area contributed by atoms with Gasteiger partial charge in [0.25, 0.3) is 0 Å². The molecule has 0 spiro atoms. The van der Waals surface area contributed by atoms with Crippen molar-refractivity contribution in [2.45, 2.75) is 57.0 Å². The summed E-state index contributed by atoms with van der Waals surface area (Å²) < 4.78 is 2.02. The number of fused-ring (bicyclic) bond motifs is 1. The number of imidazole rings is 1. The Morgan fingerprint density at radius 2 is 1.91 bits per heavy atom. The summed E-state index contributed by atoms with van der Waals surface area (Å²) in [5.74, 6) is 0.866. The lowest BCUT2D eigenvalue weighted by Crippen LogP contribution is -2.40. The van der Waals surface area contributed by atoms with Crippen LogP contribution in [0, 0.1) is 0 Å². The second-order valence-electron chi connectivity index (χ2n) is 9.23. The van der Waals surface area contributed by atoms with E-state index in [0.29, 0.717) is 24.0 Å². The van der Waals surface area contributed by atoms with Crippen molar-refractivity contribution in [2.24, 2.45) is 0 Å². The first-order chi connectivity index (χ1) is 16.0. The highest BCUT2D eigenvalue weighted by Crippen LogP contribution is 2.34. The van der Waals surface area contributed by atoms with Crippen LogP contribution >= 0.6 is 11.6 Å². The summed E-state index contributed by atoms with van der Waals surface area (Å²) in [5, 5.41) is 0.604. The maximum Gasteiger partial charge on any atom is 0.242 e. The molecule has 7 heteroatoms. The molecule has 2 aliphatic rings. The predicted molar refractivity (Wildman–Crippen MR) is 131 cm³/mol. The summed E-state index contributed by atoms with van der Waals surface area (Å²) in [6.07, 6.45) is 6.14. The van der Waals surface area contributed by atoms with E-state index in [4.69, 9.17) is 16.6 Å². The van der Waals surface area contributed by atoms with Gasteiger partial charge in [0.1, 0.15) is 12.4 Å². The monoisotopic (exact) mass is 464 g/mol. The SMILES string of the molecule is CN(C(=O)Cn1c(C2CC(=O)N(c3cccc(Cl)c3)C2)nc2ccccc21)C1CCCCC1. The predicted octanol–water partition coefficient (Wildman–Crippen LogP) is 5.00. The third-order valence-electron chi connectivity index (χ3n) is 7.10. The Bertz CT molecular complexity index is 1180. The van der Waals surface area contributed by atoms with Crippen molar-refractivity contribution in [3.63, 3.8) is 0 Å². The number of carbonyl (C=O) groups excluding carboxylic acids is 2. The Labute approximate surface area is 199 Å². The first-order valence-electron chi connectivity index (χ1n) is 11.8. The van der Waals surface area contributed by atoms with E-state index in [9.17, 15) is 9.59 Å². The van der Waals surface area contributed by atoms with E-state index in [2.05, 4.69) is 0 Å². The molecule has 1 aromatic heterocycles. The fourth-order valence-corrected chi connectivity index (χ4v) is 5.45. The Morgan fingerprint density at radius 1 is 1.12 bits per heavy atom. The first kappa shape index (κ1) is 22.0. The molecular formula is C26H29ClN4O2. The highest BCUT2D eigenvalue weighted by atomic mass is 35.5. The molecule has 1 saturated heterocycles. The smallest absolute Gasteiger partial charge is 0.242 e. The van der Waals surface area contributed by atoms with Crippen LogP contribution < -0.4 is 4.90 Å². The minimum Gasteiger partial charge on any atom is -0.341 e. The molecule has 172 valence electrons. The van der Waals surface area contributed by atoms with Gasteiger partial charge < -0.3 is 14.4 Å². The summed E-state index contributed by atoms with van der Waals surface area (Å²) in [5.41, 5.74) is 2.59. The van der Waals surface area contributed by atoms with Crippen LogP contribution in [0.5, 0.6) is 0 Å². The normalized spacial score (nSPS) is 19.4. The van der Waals surface area contributed by atoms with E-state index in [1.54, 1.807) is 11.0 Å². The quantitative estimate of drug-likeness (QED) is 0.533. The zero-order chi connectivity index (χ0) is 22.9. The average Bonchev–Trinajstić information content (AvgIpc) is 3.39. The molecular weight excluding hydrogens is 436 g/mol. The van der Waals surface area contributed by atoms with Crippen LogP contribution in [0.4, 0.5) is 5.69 Å². The number of hydrogen-bond donors (Lipinski definition) is 0. The van der Waals surface area contributed by atoms with Gasteiger partial charge in [-0.3, -0.25) is 9.59 Å². The number of rotatable bonds is 5. The van der Waals surface area contributed by atoms with E-state index in [1.165, 1.54) is 19.3 Å². The summed E-state index contributed by atoms with van der Waals surface area (Å²) in [6.45, 7) is 0.764. The van der Waals surface area contributed by atoms with Crippen molar-refractivity contribution >= 4 is 40.1 Å². The van der Waals surface area contributed by atoms with Gasteiger partial charge in [-0.1, -0.05) is 49.1 Å². The lowest BCUT2D eigenvalue weighted by Gasteiger charge is -2.31. The van der Waals surface area contributed by atoms with Crippen LogP contribution in [0.3, 0.4) is 0 Å². The van der Waals surface area contributed by atoms with Gasteiger partial charge in [0.05, 0.1) is 11.0 Å². The standard InChI is InChI=1S/C26H29ClN4O2/c1-29(20-9-3-2-4-10-20)25(33)17-31-23-13-6-5-12-22(23)28-26(31)18-14-24(32)30(16-18)21-11-7-8-19(27)15-21/h5-8,11-13,15,18,20H,2-4,9-10,14,16-17H2,1H3. The second kappa shape index (κ2) is 9.18. The van der Waals surface area contributed by atoms with Crippen molar-refractivity contribution in [1.29, 1.82) is 0 Å². The van der Waals surface area contributed by atoms with Crippen molar-refractivity contribution in [2.75, 3.05) is 18.5 Å². The molecule has 1 aliphatic carbocycles. The van der Waals surface area contributed by atoms with Gasteiger partial charge in [0.2, 0.25) is 11.8 Å². The molecule has 33 heavy (non-hydrogen) atoms. The number of anilines is 1. The lowest BCUT2D eigenvalue weighted by atomic mass is 9.94. The van der Waals surface area contributed by atoms with Crippen LogP contribution in [0.2, 0.25) is 5.02 Å². The molecule has 0 bridgehead atoms. The van der Waals surface area contributed by atoms with Crippen LogP contribution in [-0.2, 0) is 16.1 Å². The molecule has 1 atom stereocenters. The van der Waals surface area contributed by atoms with Gasteiger partial charge in [-0.2, -0.15) is 0 Å². The van der Waals surface area contributed by atoms with Gasteiger partial charge in [-0.05, 0) is 43.2 Å². The molecule has 2 aromatic carbocycles. The van der Waals surface area contributed by atoms with E-state index in [0.717, 1.165) is 35.4 Å². The molecule has 2 fully saturated rings. The number of carbonyl (C=O) groups is 2. The zero-order valence-corrected chi connectivity index (χ0v) is 19.7. The fraction of sp³-hybridized carbons (Fsp3) is 0.423. The van der Waals surface area contributed by atoms with Crippen molar-refractivity contribution < 1.29 is 9.59 Å². The molecule has 0 N–H and O–H groups in total. The average molecular weight is 465 g/mol. The number of amides is 2. The topological polar surface area (TPSA) is 58.4 Å². The van der Waals surface area contributed by atoms with Crippen molar-refractivity contribution in [3.8, 4) is 0 Å². The zero-order valence-electron chi connectivity index (χ0n) is 18.9. The van der Waals surface area contributed by atoms with Crippen LogP contribution in [-0.4, -0.2) is 45.9 Å². The number of aromatic nitrogens is 2. The van der Waals surface area contributed by atoms with E-state index >= 15 is 0 Å². The van der Waals surface area contributed by atoms with E-state index < -0.39 is 0 Å². The molecule has 1 unspecified atom stereocenters. The number of nitrogens with zero attached hydrogens (tertiary/aromatic N) is 4. The first-order valence-corrected chi connectivity index (χ1v) is 12.2. The van der Waals surface area contributed by atoms with E-state index in [1.807, 2.05) is 59.0 Å². The molecule has 1 saturated carbocycles. The molecule has 1 aliphatic heterocycles. The fourth-order valence-electron chi connectivity index (χ4n) is 5.26. The van der Waals surface area contributed by atoms with Gasteiger partial charge in [0.15, 0.2) is 0 Å². The summed E-state index contributed by atoms with van der Waals surface area (Å²) in [6, 6.07) is 15.6. The van der Waals surface area contributed by atoms with Gasteiger partial charge >= 0.3 is 0 Å². The van der Waals surface area contributed by atoms with Gasteiger partial charge in [0, 0.05) is 42.7 Å². The second-order valence-corrected chi connectivity index (χ2v) is 9.66. The third-order valence-corrected chi connectivity index (χ3v) is 7.34. The van der Waals surface area contributed by atoms with E-state index in [-0.39, 0.29) is 24.3 Å². The molecule has 2 heterocycles. The molecule has 5 rings (SSSR count). The summed E-state index contributed by atoms with van der Waals surface area (Å²) in [4.78, 5) is 34.8. The minimum atomic E-state index is -0.0864.